The smallest absolute Gasteiger partial charge is 0.164 e. The van der Waals surface area contributed by atoms with Crippen LogP contribution in [0.25, 0.3) is 78.8 Å². The lowest BCUT2D eigenvalue weighted by atomic mass is 9.66. The van der Waals surface area contributed by atoms with Crippen LogP contribution in [0.2, 0.25) is 0 Å². The van der Waals surface area contributed by atoms with Gasteiger partial charge >= 0.3 is 0 Å². The molecule has 6 nitrogen and oxygen atoms in total. The fourth-order valence-electron chi connectivity index (χ4n) is 9.23. The molecule has 0 bridgehead atoms. The molecule has 0 saturated heterocycles. The minimum atomic E-state index is -0.701. The molecule has 0 fully saturated rings. The zero-order valence-electron chi connectivity index (χ0n) is 32.2. The third-order valence-corrected chi connectivity index (χ3v) is 11.8. The Morgan fingerprint density at radius 3 is 1.52 bits per heavy atom. The number of nitrogens with zero attached hydrogens (tertiary/aromatic N) is 5. The number of hydrogen-bond acceptors (Lipinski definition) is 6. The van der Waals surface area contributed by atoms with Crippen LogP contribution < -0.4 is 4.74 Å². The van der Waals surface area contributed by atoms with Crippen molar-refractivity contribution >= 4 is 10.9 Å². The summed E-state index contributed by atoms with van der Waals surface area (Å²) in [6, 6.07) is 68.9. The van der Waals surface area contributed by atoms with E-state index >= 15 is 0 Å². The highest BCUT2D eigenvalue weighted by atomic mass is 16.5. The molecule has 1 aliphatic carbocycles. The molecule has 2 aliphatic rings. The average Bonchev–Trinajstić information content (AvgIpc) is 3.62. The zero-order chi connectivity index (χ0) is 39.6. The van der Waals surface area contributed by atoms with Crippen LogP contribution in [0.15, 0.2) is 200 Å². The lowest BCUT2D eigenvalue weighted by molar-refractivity contribution is 0.436. The van der Waals surface area contributed by atoms with Gasteiger partial charge in [-0.15, -0.1) is 0 Å². The maximum atomic E-state index is 6.67. The van der Waals surface area contributed by atoms with Crippen LogP contribution in [0.4, 0.5) is 0 Å². The van der Waals surface area contributed by atoms with E-state index in [0.29, 0.717) is 23.3 Å². The fourth-order valence-corrected chi connectivity index (χ4v) is 9.23. The van der Waals surface area contributed by atoms with E-state index in [4.69, 9.17) is 29.7 Å². The maximum absolute atomic E-state index is 6.67. The Labute approximate surface area is 346 Å². The molecule has 6 heteroatoms. The van der Waals surface area contributed by atoms with Gasteiger partial charge in [0, 0.05) is 44.3 Å². The molecule has 1 spiro atoms. The van der Waals surface area contributed by atoms with Crippen molar-refractivity contribution in [3.05, 3.63) is 222 Å². The van der Waals surface area contributed by atoms with Crippen molar-refractivity contribution in [3.63, 3.8) is 0 Å². The molecule has 2 aromatic heterocycles. The van der Waals surface area contributed by atoms with E-state index in [1.54, 1.807) is 0 Å². The summed E-state index contributed by atoms with van der Waals surface area (Å²) >= 11 is 0. The second kappa shape index (κ2) is 13.5. The molecule has 0 radical (unpaired) electrons. The number of para-hydroxylation sites is 3. The highest BCUT2D eigenvalue weighted by Gasteiger charge is 2.52. The first-order valence-corrected chi connectivity index (χ1v) is 20.1. The molecule has 10 aromatic rings. The minimum absolute atomic E-state index is 0.589. The maximum Gasteiger partial charge on any atom is 0.164 e. The van der Waals surface area contributed by atoms with Gasteiger partial charge in [0.1, 0.15) is 11.5 Å². The monoisotopic (exact) mass is 767 g/mol. The number of hydrogen-bond donors (Lipinski definition) is 0. The van der Waals surface area contributed by atoms with Gasteiger partial charge in [-0.25, -0.2) is 24.9 Å². The molecule has 1 aliphatic heterocycles. The van der Waals surface area contributed by atoms with Gasteiger partial charge in [-0.2, -0.15) is 0 Å². The standard InChI is InChI=1S/C54H33N5O/c1-4-17-34(18-5-1)49-38-23-10-13-28-45(38)55-53(56-49)39-24-16-27-44-48(39)40-33-37(52-58-50(35-19-6-2-7-20-35)57-51(59-52)36-21-8-3-9-22-36)31-32-41(40)54(44)42-25-11-14-29-46(42)60-47-30-15-12-26-43(47)54/h1-33H. The van der Waals surface area contributed by atoms with Gasteiger partial charge in [-0.3, -0.25) is 0 Å². The van der Waals surface area contributed by atoms with E-state index in [-0.39, 0.29) is 0 Å². The number of rotatable bonds is 5. The Balaban J connectivity index is 1.16. The molecule has 0 atom stereocenters. The van der Waals surface area contributed by atoms with Crippen molar-refractivity contribution in [2.24, 2.45) is 0 Å². The second-order valence-corrected chi connectivity index (χ2v) is 15.2. The first-order valence-electron chi connectivity index (χ1n) is 20.1. The number of aromatic nitrogens is 5. The first-order chi connectivity index (χ1) is 29.7. The largest absolute Gasteiger partial charge is 0.457 e. The highest BCUT2D eigenvalue weighted by molar-refractivity contribution is 5.99. The number of fused-ring (bicyclic) bond motifs is 10. The lowest BCUT2D eigenvalue weighted by Crippen LogP contribution is -2.32. The second-order valence-electron chi connectivity index (χ2n) is 15.2. The van der Waals surface area contributed by atoms with Crippen molar-refractivity contribution in [1.29, 1.82) is 0 Å². The zero-order valence-corrected chi connectivity index (χ0v) is 32.2. The van der Waals surface area contributed by atoms with Crippen LogP contribution in [0.3, 0.4) is 0 Å². The van der Waals surface area contributed by atoms with Crippen LogP contribution in [-0.2, 0) is 5.41 Å². The summed E-state index contributed by atoms with van der Waals surface area (Å²) in [5, 5.41) is 1.00. The normalized spacial score (nSPS) is 12.9. The summed E-state index contributed by atoms with van der Waals surface area (Å²) in [6.45, 7) is 0. The molecule has 0 amide bonds. The minimum Gasteiger partial charge on any atom is -0.457 e. The predicted molar refractivity (Wildman–Crippen MR) is 237 cm³/mol. The number of ether oxygens (including phenoxy) is 1. The van der Waals surface area contributed by atoms with Gasteiger partial charge in [0.25, 0.3) is 0 Å². The molecular formula is C54H33N5O. The third kappa shape index (κ3) is 5.17. The van der Waals surface area contributed by atoms with Crippen LogP contribution in [0.5, 0.6) is 11.5 Å². The Morgan fingerprint density at radius 2 is 0.867 bits per heavy atom. The van der Waals surface area contributed by atoms with Crippen molar-refractivity contribution in [2.75, 3.05) is 0 Å². The van der Waals surface area contributed by atoms with Crippen molar-refractivity contribution in [1.82, 2.24) is 24.9 Å². The SMILES string of the molecule is c1ccc(-c2nc(-c3ccccc3)nc(-c3ccc4c(c3)-c3c(-c5nc(-c6ccccc6)c6ccccc6n5)cccc3C43c4ccccc4Oc4ccccc43)n2)cc1. The molecule has 0 saturated carbocycles. The van der Waals surface area contributed by atoms with Gasteiger partial charge in [0.2, 0.25) is 0 Å². The summed E-state index contributed by atoms with van der Waals surface area (Å²) in [6.07, 6.45) is 0. The van der Waals surface area contributed by atoms with Crippen molar-refractivity contribution < 1.29 is 4.74 Å². The summed E-state index contributed by atoms with van der Waals surface area (Å²) in [7, 11) is 0. The van der Waals surface area contributed by atoms with Crippen LogP contribution in [0, 0.1) is 0 Å². The van der Waals surface area contributed by atoms with E-state index in [1.165, 1.54) is 0 Å². The van der Waals surface area contributed by atoms with Gasteiger partial charge in [0.15, 0.2) is 23.3 Å². The predicted octanol–water partition coefficient (Wildman–Crippen LogP) is 12.6. The van der Waals surface area contributed by atoms with Gasteiger partial charge < -0.3 is 4.74 Å². The van der Waals surface area contributed by atoms with Crippen molar-refractivity contribution in [2.45, 2.75) is 5.41 Å². The van der Waals surface area contributed by atoms with Gasteiger partial charge in [-0.1, -0.05) is 176 Å². The molecule has 0 N–H and O–H groups in total. The Morgan fingerprint density at radius 1 is 0.333 bits per heavy atom. The lowest BCUT2D eigenvalue weighted by Gasteiger charge is -2.39. The van der Waals surface area contributed by atoms with Crippen LogP contribution in [-0.4, -0.2) is 24.9 Å². The third-order valence-electron chi connectivity index (χ3n) is 11.8. The van der Waals surface area contributed by atoms with Crippen LogP contribution >= 0.6 is 0 Å². The Bertz CT molecular complexity index is 3190. The molecule has 280 valence electrons. The number of benzene rings is 8. The Hall–Kier alpha value is -8.09. The topological polar surface area (TPSA) is 73.7 Å². The summed E-state index contributed by atoms with van der Waals surface area (Å²) in [5.74, 6) is 4.13. The first kappa shape index (κ1) is 34.0. The molecular weight excluding hydrogens is 735 g/mol. The highest BCUT2D eigenvalue weighted by Crippen LogP contribution is 2.63. The van der Waals surface area contributed by atoms with Gasteiger partial charge in [-0.05, 0) is 46.5 Å². The van der Waals surface area contributed by atoms with E-state index < -0.39 is 5.41 Å². The van der Waals surface area contributed by atoms with E-state index in [1.807, 2.05) is 91.0 Å². The van der Waals surface area contributed by atoms with E-state index in [0.717, 1.165) is 89.3 Å². The summed E-state index contributed by atoms with van der Waals surface area (Å²) in [4.78, 5) is 26.0. The van der Waals surface area contributed by atoms with Gasteiger partial charge in [0.05, 0.1) is 16.6 Å². The molecule has 3 heterocycles. The molecule has 8 aromatic carbocycles. The molecule has 12 rings (SSSR count). The molecule has 60 heavy (non-hydrogen) atoms. The quantitative estimate of drug-likeness (QED) is 0.174. The summed E-state index contributed by atoms with van der Waals surface area (Å²) in [5.41, 5.74) is 12.3. The van der Waals surface area contributed by atoms with Crippen molar-refractivity contribution in [3.8, 4) is 79.4 Å². The summed E-state index contributed by atoms with van der Waals surface area (Å²) < 4.78 is 6.67. The average molecular weight is 768 g/mol. The van der Waals surface area contributed by atoms with E-state index in [2.05, 4.69) is 109 Å². The molecule has 0 unspecified atom stereocenters. The fraction of sp³-hybridized carbons (Fsp3) is 0.0185. The van der Waals surface area contributed by atoms with Crippen LogP contribution in [0.1, 0.15) is 22.3 Å². The van der Waals surface area contributed by atoms with E-state index in [9.17, 15) is 0 Å². The Kier molecular flexibility index (Phi) is 7.65.